The maximum Gasteiger partial charge on any atom is 0.116 e. The van der Waals surface area contributed by atoms with Crippen LogP contribution in [0.2, 0.25) is 0 Å². The van der Waals surface area contributed by atoms with E-state index in [-0.39, 0.29) is 0 Å². The Morgan fingerprint density at radius 3 is 2.94 bits per heavy atom. The van der Waals surface area contributed by atoms with E-state index in [4.69, 9.17) is 4.42 Å². The van der Waals surface area contributed by atoms with Crippen LogP contribution in [0, 0.1) is 6.92 Å². The second kappa shape index (κ2) is 3.84. The zero-order valence-electron chi connectivity index (χ0n) is 10.1. The number of benzene rings is 1. The fraction of sp³-hybridized carbons (Fsp3) is 0.286. The molecule has 2 aromatic rings. The third-order valence-corrected chi connectivity index (χ3v) is 3.40. The Labute approximate surface area is 101 Å². The minimum atomic E-state index is 0.325. The van der Waals surface area contributed by atoms with Gasteiger partial charge in [0.05, 0.1) is 17.4 Å². The molecule has 0 bridgehead atoms. The molecular weight excluding hydrogens is 212 g/mol. The SMILES string of the molecule is Cc1ccccc1C1CN(C)c2cocc2N1. The van der Waals surface area contributed by atoms with Crippen LogP contribution in [-0.2, 0) is 0 Å². The minimum absolute atomic E-state index is 0.325. The summed E-state index contributed by atoms with van der Waals surface area (Å²) in [6, 6.07) is 8.84. The minimum Gasteiger partial charge on any atom is -0.468 e. The molecule has 1 aromatic carbocycles. The molecule has 0 spiro atoms. The number of fused-ring (bicyclic) bond motifs is 1. The summed E-state index contributed by atoms with van der Waals surface area (Å²) in [6.07, 6.45) is 3.56. The van der Waals surface area contributed by atoms with Crippen LogP contribution in [0.3, 0.4) is 0 Å². The van der Waals surface area contributed by atoms with Crippen molar-refractivity contribution in [2.24, 2.45) is 0 Å². The van der Waals surface area contributed by atoms with Gasteiger partial charge in [-0.25, -0.2) is 0 Å². The number of anilines is 2. The third kappa shape index (κ3) is 1.68. The van der Waals surface area contributed by atoms with Gasteiger partial charge in [-0.05, 0) is 18.1 Å². The highest BCUT2D eigenvalue weighted by Crippen LogP contribution is 2.36. The molecule has 17 heavy (non-hydrogen) atoms. The highest BCUT2D eigenvalue weighted by atomic mass is 16.3. The Hall–Kier alpha value is -1.90. The standard InChI is InChI=1S/C14H16N2O/c1-10-5-3-4-6-11(10)12-7-16(2)14-9-17-8-13(14)15-12/h3-6,8-9,12,15H,7H2,1-2H3. The lowest BCUT2D eigenvalue weighted by atomic mass is 9.99. The Bertz CT molecular complexity index is 533. The fourth-order valence-corrected chi connectivity index (χ4v) is 2.45. The predicted molar refractivity (Wildman–Crippen MR) is 69.5 cm³/mol. The Balaban J connectivity index is 1.96. The smallest absolute Gasteiger partial charge is 0.116 e. The first-order valence-corrected chi connectivity index (χ1v) is 5.85. The number of rotatable bonds is 1. The van der Waals surface area contributed by atoms with Gasteiger partial charge in [-0.1, -0.05) is 24.3 Å². The van der Waals surface area contributed by atoms with Crippen LogP contribution in [0.25, 0.3) is 0 Å². The van der Waals surface area contributed by atoms with Crippen molar-refractivity contribution in [1.82, 2.24) is 0 Å². The van der Waals surface area contributed by atoms with Gasteiger partial charge in [-0.3, -0.25) is 0 Å². The highest BCUT2D eigenvalue weighted by molar-refractivity contribution is 5.71. The fourth-order valence-electron chi connectivity index (χ4n) is 2.45. The molecule has 88 valence electrons. The molecule has 1 unspecified atom stereocenters. The predicted octanol–water partition coefficient (Wildman–Crippen LogP) is 3.19. The van der Waals surface area contributed by atoms with Crippen molar-refractivity contribution >= 4 is 11.4 Å². The number of nitrogens with zero attached hydrogens (tertiary/aromatic N) is 1. The Kier molecular flexibility index (Phi) is 2.32. The highest BCUT2D eigenvalue weighted by Gasteiger charge is 2.24. The quantitative estimate of drug-likeness (QED) is 0.812. The van der Waals surface area contributed by atoms with Gasteiger partial charge < -0.3 is 14.6 Å². The summed E-state index contributed by atoms with van der Waals surface area (Å²) in [5.41, 5.74) is 4.89. The molecule has 1 N–H and O–H groups in total. The van der Waals surface area contributed by atoms with Gasteiger partial charge in [0, 0.05) is 13.6 Å². The molecule has 1 atom stereocenters. The van der Waals surface area contributed by atoms with Crippen molar-refractivity contribution in [2.75, 3.05) is 23.8 Å². The lowest BCUT2D eigenvalue weighted by Crippen LogP contribution is -2.33. The van der Waals surface area contributed by atoms with Crippen molar-refractivity contribution in [1.29, 1.82) is 0 Å². The Morgan fingerprint density at radius 1 is 1.29 bits per heavy atom. The number of furan rings is 1. The van der Waals surface area contributed by atoms with E-state index >= 15 is 0 Å². The maximum atomic E-state index is 5.25. The van der Waals surface area contributed by atoms with E-state index in [1.807, 2.05) is 0 Å². The molecule has 0 saturated heterocycles. The molecule has 1 aliphatic heterocycles. The third-order valence-electron chi connectivity index (χ3n) is 3.40. The van der Waals surface area contributed by atoms with Gasteiger partial charge in [0.25, 0.3) is 0 Å². The van der Waals surface area contributed by atoms with Crippen LogP contribution < -0.4 is 10.2 Å². The van der Waals surface area contributed by atoms with E-state index in [0.717, 1.165) is 17.9 Å². The summed E-state index contributed by atoms with van der Waals surface area (Å²) >= 11 is 0. The molecular formula is C14H16N2O. The van der Waals surface area contributed by atoms with Crippen LogP contribution in [0.5, 0.6) is 0 Å². The van der Waals surface area contributed by atoms with Crippen LogP contribution in [0.4, 0.5) is 11.4 Å². The zero-order chi connectivity index (χ0) is 11.8. The monoisotopic (exact) mass is 228 g/mol. The molecule has 0 aliphatic carbocycles. The van der Waals surface area contributed by atoms with Gasteiger partial charge in [0.2, 0.25) is 0 Å². The van der Waals surface area contributed by atoms with E-state index in [1.165, 1.54) is 11.1 Å². The molecule has 2 heterocycles. The van der Waals surface area contributed by atoms with E-state index in [9.17, 15) is 0 Å². The van der Waals surface area contributed by atoms with Crippen molar-refractivity contribution < 1.29 is 4.42 Å². The molecule has 3 rings (SSSR count). The summed E-state index contributed by atoms with van der Waals surface area (Å²) in [6.45, 7) is 3.11. The summed E-state index contributed by atoms with van der Waals surface area (Å²) in [5, 5.41) is 3.53. The van der Waals surface area contributed by atoms with Crippen LogP contribution in [-0.4, -0.2) is 13.6 Å². The first kappa shape index (κ1) is 10.3. The average molecular weight is 228 g/mol. The Morgan fingerprint density at radius 2 is 2.12 bits per heavy atom. The molecule has 1 aromatic heterocycles. The average Bonchev–Trinajstić information content (AvgIpc) is 2.78. The second-order valence-electron chi connectivity index (χ2n) is 4.60. The number of hydrogen-bond donors (Lipinski definition) is 1. The number of nitrogens with one attached hydrogen (secondary N) is 1. The van der Waals surface area contributed by atoms with E-state index in [2.05, 4.69) is 48.5 Å². The largest absolute Gasteiger partial charge is 0.468 e. The lowest BCUT2D eigenvalue weighted by molar-refractivity contribution is 0.568. The van der Waals surface area contributed by atoms with Crippen molar-refractivity contribution in [2.45, 2.75) is 13.0 Å². The van der Waals surface area contributed by atoms with Gasteiger partial charge in [0.15, 0.2) is 0 Å². The molecule has 0 radical (unpaired) electrons. The molecule has 0 fully saturated rings. The molecule has 3 heteroatoms. The van der Waals surface area contributed by atoms with Crippen LogP contribution in [0.15, 0.2) is 41.2 Å². The van der Waals surface area contributed by atoms with Crippen LogP contribution >= 0.6 is 0 Å². The topological polar surface area (TPSA) is 28.4 Å². The first-order chi connectivity index (χ1) is 8.25. The van der Waals surface area contributed by atoms with E-state index in [0.29, 0.717) is 6.04 Å². The maximum absolute atomic E-state index is 5.25. The summed E-state index contributed by atoms with van der Waals surface area (Å²) in [5.74, 6) is 0. The number of hydrogen-bond acceptors (Lipinski definition) is 3. The van der Waals surface area contributed by atoms with Crippen molar-refractivity contribution in [3.05, 3.63) is 47.9 Å². The molecule has 0 saturated carbocycles. The van der Waals surface area contributed by atoms with Crippen molar-refractivity contribution in [3.63, 3.8) is 0 Å². The van der Waals surface area contributed by atoms with Crippen molar-refractivity contribution in [3.8, 4) is 0 Å². The number of likely N-dealkylation sites (N-methyl/N-ethyl adjacent to an activating group) is 1. The lowest BCUT2D eigenvalue weighted by Gasteiger charge is -2.33. The summed E-state index contributed by atoms with van der Waals surface area (Å²) in [4.78, 5) is 2.23. The van der Waals surface area contributed by atoms with E-state index in [1.54, 1.807) is 12.5 Å². The normalized spacial score (nSPS) is 18.7. The summed E-state index contributed by atoms with van der Waals surface area (Å²) in [7, 11) is 2.10. The molecule has 0 amide bonds. The second-order valence-corrected chi connectivity index (χ2v) is 4.60. The van der Waals surface area contributed by atoms with Gasteiger partial charge >= 0.3 is 0 Å². The van der Waals surface area contributed by atoms with E-state index < -0.39 is 0 Å². The molecule has 3 nitrogen and oxygen atoms in total. The zero-order valence-corrected chi connectivity index (χ0v) is 10.1. The van der Waals surface area contributed by atoms with Gasteiger partial charge in [0.1, 0.15) is 12.5 Å². The van der Waals surface area contributed by atoms with Gasteiger partial charge in [-0.2, -0.15) is 0 Å². The number of aryl methyl sites for hydroxylation is 1. The first-order valence-electron chi connectivity index (χ1n) is 5.85. The molecule has 1 aliphatic rings. The van der Waals surface area contributed by atoms with Crippen LogP contribution in [0.1, 0.15) is 17.2 Å². The summed E-state index contributed by atoms with van der Waals surface area (Å²) < 4.78 is 5.25. The van der Waals surface area contributed by atoms with Gasteiger partial charge in [-0.15, -0.1) is 0 Å².